The van der Waals surface area contributed by atoms with Crippen molar-refractivity contribution in [1.82, 2.24) is 20.0 Å². The summed E-state index contributed by atoms with van der Waals surface area (Å²) < 4.78 is 7.15. The van der Waals surface area contributed by atoms with E-state index in [0.29, 0.717) is 16.4 Å². The molecule has 7 nitrogen and oxygen atoms in total. The zero-order valence-corrected chi connectivity index (χ0v) is 15.0. The molecule has 1 N–H and O–H groups in total. The highest BCUT2D eigenvalue weighted by Crippen LogP contribution is 2.22. The summed E-state index contributed by atoms with van der Waals surface area (Å²) in [6.45, 7) is 1.78. The molecule has 0 spiro atoms. The van der Waals surface area contributed by atoms with Crippen LogP contribution in [-0.4, -0.2) is 20.0 Å². The van der Waals surface area contributed by atoms with E-state index in [-0.39, 0.29) is 23.0 Å². The van der Waals surface area contributed by atoms with Gasteiger partial charge in [0.15, 0.2) is 5.69 Å². The maximum atomic E-state index is 12.4. The lowest BCUT2D eigenvalue weighted by Crippen LogP contribution is -2.16. The summed E-state index contributed by atoms with van der Waals surface area (Å²) in [6.07, 6.45) is 0. The van der Waals surface area contributed by atoms with Crippen LogP contribution in [0, 0.1) is 6.92 Å². The normalized spacial score (nSPS) is 10.7. The maximum Gasteiger partial charge on any atom is 0.320 e. The quantitative estimate of drug-likeness (QED) is 0.577. The number of anilines is 2. The van der Waals surface area contributed by atoms with E-state index in [9.17, 15) is 4.79 Å². The summed E-state index contributed by atoms with van der Waals surface area (Å²) in [6, 6.07) is 18.2. The number of rotatable bonds is 4. The van der Waals surface area contributed by atoms with Crippen molar-refractivity contribution in [3.63, 3.8) is 0 Å². The first-order valence-electron chi connectivity index (χ1n) is 8.13. The zero-order valence-electron chi connectivity index (χ0n) is 14.3. The lowest BCUT2D eigenvalue weighted by molar-refractivity contribution is 0.580. The number of benzene rings is 2. The Morgan fingerprint density at radius 2 is 1.78 bits per heavy atom. The maximum absolute atomic E-state index is 12.4. The Morgan fingerprint density at radius 1 is 1.04 bits per heavy atom. The summed E-state index contributed by atoms with van der Waals surface area (Å²) in [5.74, 6) is 0.0271. The van der Waals surface area contributed by atoms with Gasteiger partial charge >= 0.3 is 6.01 Å². The molecule has 0 fully saturated rings. The molecular weight excluding hydrogens is 366 g/mol. The van der Waals surface area contributed by atoms with Gasteiger partial charge in [-0.05, 0) is 31.2 Å². The van der Waals surface area contributed by atoms with Gasteiger partial charge in [0.2, 0.25) is 5.43 Å². The fourth-order valence-corrected chi connectivity index (χ4v) is 2.79. The number of hydrogen-bond donors (Lipinski definition) is 1. The molecule has 0 aliphatic rings. The molecule has 0 atom stereocenters. The highest BCUT2D eigenvalue weighted by atomic mass is 35.5. The molecule has 8 heteroatoms. The van der Waals surface area contributed by atoms with E-state index in [2.05, 4.69) is 20.6 Å². The fraction of sp³-hybridized carbons (Fsp3) is 0.0526. The summed E-state index contributed by atoms with van der Waals surface area (Å²) in [7, 11) is 0. The Labute approximate surface area is 159 Å². The molecule has 0 radical (unpaired) electrons. The van der Waals surface area contributed by atoms with Gasteiger partial charge in [-0.2, -0.15) is 5.10 Å². The number of halogens is 1. The van der Waals surface area contributed by atoms with Crippen LogP contribution in [0.25, 0.3) is 17.3 Å². The molecule has 0 saturated heterocycles. The number of aromatic nitrogens is 4. The molecule has 0 bridgehead atoms. The number of nitrogens with zero attached hydrogens (tertiary/aromatic N) is 4. The first-order valence-corrected chi connectivity index (χ1v) is 8.51. The molecule has 4 rings (SSSR count). The van der Waals surface area contributed by atoms with Crippen LogP contribution in [0.15, 0.2) is 69.9 Å². The largest absolute Gasteiger partial charge is 0.401 e. The minimum absolute atomic E-state index is 0.0271. The van der Waals surface area contributed by atoms with Crippen molar-refractivity contribution in [3.05, 3.63) is 81.6 Å². The second-order valence-electron chi connectivity index (χ2n) is 5.77. The number of para-hydroxylation sites is 2. The second kappa shape index (κ2) is 7.05. The lowest BCUT2D eigenvalue weighted by atomic mass is 10.3. The monoisotopic (exact) mass is 379 g/mol. The zero-order chi connectivity index (χ0) is 18.8. The lowest BCUT2D eigenvalue weighted by Gasteiger charge is -2.11. The van der Waals surface area contributed by atoms with E-state index in [1.54, 1.807) is 17.7 Å². The van der Waals surface area contributed by atoms with Crippen molar-refractivity contribution in [2.24, 2.45) is 0 Å². The SMILES string of the molecule is Cc1cc(=O)c(-c2nnc(Nc3ccccc3)o2)nn1-c1ccccc1Cl. The standard InChI is InChI=1S/C19H14ClN5O2/c1-12-11-16(26)17(24-25(12)15-10-6-5-9-14(15)20)18-22-23-19(27-18)21-13-7-3-2-4-8-13/h2-11H,1H3,(H,21,23). The second-order valence-corrected chi connectivity index (χ2v) is 6.17. The van der Waals surface area contributed by atoms with Crippen molar-refractivity contribution >= 4 is 23.3 Å². The molecule has 0 unspecified atom stereocenters. The third-order valence-corrected chi connectivity index (χ3v) is 4.16. The highest BCUT2D eigenvalue weighted by molar-refractivity contribution is 6.32. The summed E-state index contributed by atoms with van der Waals surface area (Å²) in [5, 5.41) is 15.8. The van der Waals surface area contributed by atoms with Gasteiger partial charge in [0.25, 0.3) is 5.89 Å². The third-order valence-electron chi connectivity index (χ3n) is 3.84. The third kappa shape index (κ3) is 3.45. The number of aryl methyl sites for hydroxylation is 1. The first kappa shape index (κ1) is 17.0. The predicted molar refractivity (Wildman–Crippen MR) is 103 cm³/mol. The van der Waals surface area contributed by atoms with Crippen molar-refractivity contribution in [1.29, 1.82) is 0 Å². The average Bonchev–Trinajstić information content (AvgIpc) is 3.12. The van der Waals surface area contributed by atoms with E-state index in [0.717, 1.165) is 5.69 Å². The van der Waals surface area contributed by atoms with Crippen molar-refractivity contribution in [2.45, 2.75) is 6.92 Å². The van der Waals surface area contributed by atoms with Crippen LogP contribution < -0.4 is 10.7 Å². The highest BCUT2D eigenvalue weighted by Gasteiger charge is 2.17. The molecule has 0 aliphatic heterocycles. The first-order chi connectivity index (χ1) is 13.1. The predicted octanol–water partition coefficient (Wildman–Crippen LogP) is 3.99. The van der Waals surface area contributed by atoms with E-state index in [4.69, 9.17) is 16.0 Å². The van der Waals surface area contributed by atoms with Crippen LogP contribution in [-0.2, 0) is 0 Å². The molecule has 2 aromatic carbocycles. The summed E-state index contributed by atoms with van der Waals surface area (Å²) >= 11 is 6.26. The van der Waals surface area contributed by atoms with Gasteiger partial charge in [0.05, 0.1) is 10.7 Å². The number of nitrogens with one attached hydrogen (secondary N) is 1. The van der Waals surface area contributed by atoms with Crippen LogP contribution in [0.5, 0.6) is 0 Å². The smallest absolute Gasteiger partial charge is 0.320 e. The Morgan fingerprint density at radius 3 is 2.56 bits per heavy atom. The number of hydrogen-bond acceptors (Lipinski definition) is 6. The fourth-order valence-electron chi connectivity index (χ4n) is 2.58. The molecular formula is C19H14ClN5O2. The Kier molecular flexibility index (Phi) is 4.43. The van der Waals surface area contributed by atoms with Gasteiger partial charge in [0.1, 0.15) is 0 Å². The van der Waals surface area contributed by atoms with Gasteiger partial charge in [-0.15, -0.1) is 5.10 Å². The average molecular weight is 380 g/mol. The topological polar surface area (TPSA) is 85.8 Å². The van der Waals surface area contributed by atoms with Crippen LogP contribution in [0.2, 0.25) is 5.02 Å². The summed E-state index contributed by atoms with van der Waals surface area (Å²) in [5.41, 5.74) is 1.82. The van der Waals surface area contributed by atoms with E-state index in [1.807, 2.05) is 48.5 Å². The van der Waals surface area contributed by atoms with Crippen molar-refractivity contribution < 1.29 is 4.42 Å². The molecule has 4 aromatic rings. The van der Waals surface area contributed by atoms with Gasteiger partial charge in [-0.3, -0.25) is 4.79 Å². The van der Waals surface area contributed by atoms with Gasteiger partial charge in [-0.1, -0.05) is 47.0 Å². The molecule has 0 aliphatic carbocycles. The van der Waals surface area contributed by atoms with E-state index < -0.39 is 0 Å². The van der Waals surface area contributed by atoms with Crippen LogP contribution >= 0.6 is 11.6 Å². The molecule has 2 heterocycles. The van der Waals surface area contributed by atoms with Gasteiger partial charge in [0, 0.05) is 17.4 Å². The molecule has 27 heavy (non-hydrogen) atoms. The van der Waals surface area contributed by atoms with E-state index >= 15 is 0 Å². The molecule has 134 valence electrons. The van der Waals surface area contributed by atoms with Crippen molar-refractivity contribution in [2.75, 3.05) is 5.32 Å². The van der Waals surface area contributed by atoms with Crippen molar-refractivity contribution in [3.8, 4) is 17.3 Å². The minimum Gasteiger partial charge on any atom is -0.401 e. The Balaban J connectivity index is 1.73. The van der Waals surface area contributed by atoms with Crippen LogP contribution in [0.3, 0.4) is 0 Å². The Hall–Kier alpha value is -3.45. The minimum atomic E-state index is -0.314. The van der Waals surface area contributed by atoms with Gasteiger partial charge < -0.3 is 9.73 Å². The summed E-state index contributed by atoms with van der Waals surface area (Å²) in [4.78, 5) is 12.4. The molecule has 0 amide bonds. The van der Waals surface area contributed by atoms with E-state index in [1.165, 1.54) is 6.07 Å². The Bertz CT molecular complexity index is 1150. The molecule has 0 saturated carbocycles. The van der Waals surface area contributed by atoms with Crippen LogP contribution in [0.4, 0.5) is 11.7 Å². The van der Waals surface area contributed by atoms with Gasteiger partial charge in [-0.25, -0.2) is 4.68 Å². The molecule has 2 aromatic heterocycles. The van der Waals surface area contributed by atoms with Crippen LogP contribution in [0.1, 0.15) is 5.69 Å².